The number of halogens is 2. The highest BCUT2D eigenvalue weighted by Gasteiger charge is 2.42. The second-order valence-corrected chi connectivity index (χ2v) is 9.06. The lowest BCUT2D eigenvalue weighted by Crippen LogP contribution is -2.48. The van der Waals surface area contributed by atoms with Crippen LogP contribution >= 0.6 is 23.2 Å². The first-order valence-electron chi connectivity index (χ1n) is 10.1. The van der Waals surface area contributed by atoms with Crippen LogP contribution in [0.3, 0.4) is 0 Å². The Bertz CT molecular complexity index is 773. The number of benzene rings is 1. The minimum Gasteiger partial charge on any atom is -0.481 e. The second kappa shape index (κ2) is 9.35. The number of amides is 2. The summed E-state index contributed by atoms with van der Waals surface area (Å²) < 4.78 is 0. The first-order chi connectivity index (χ1) is 13.8. The summed E-state index contributed by atoms with van der Waals surface area (Å²) in [6.45, 7) is 1.34. The lowest BCUT2D eigenvalue weighted by Gasteiger charge is -2.33. The molecule has 1 spiro atoms. The van der Waals surface area contributed by atoms with Crippen molar-refractivity contribution in [2.24, 2.45) is 5.41 Å². The minimum atomic E-state index is -1.01. The van der Waals surface area contributed by atoms with Gasteiger partial charge in [0.1, 0.15) is 6.04 Å². The molecule has 3 rings (SSSR count). The molecule has 1 aromatic rings. The largest absolute Gasteiger partial charge is 0.481 e. The van der Waals surface area contributed by atoms with Crippen molar-refractivity contribution in [3.05, 3.63) is 33.8 Å². The third-order valence-corrected chi connectivity index (χ3v) is 6.48. The Morgan fingerprint density at radius 3 is 2.34 bits per heavy atom. The van der Waals surface area contributed by atoms with E-state index in [-0.39, 0.29) is 29.7 Å². The van der Waals surface area contributed by atoms with Crippen LogP contribution in [0.25, 0.3) is 0 Å². The van der Waals surface area contributed by atoms with Crippen LogP contribution in [-0.2, 0) is 9.59 Å². The van der Waals surface area contributed by atoms with Crippen molar-refractivity contribution in [2.45, 2.75) is 57.4 Å². The van der Waals surface area contributed by atoms with Crippen LogP contribution in [0.1, 0.15) is 61.7 Å². The molecular weight excluding hydrogens is 415 g/mol. The molecule has 6 nitrogen and oxygen atoms in total. The average molecular weight is 441 g/mol. The highest BCUT2D eigenvalue weighted by molar-refractivity contribution is 6.35. The molecule has 1 atom stereocenters. The first-order valence-corrected chi connectivity index (χ1v) is 10.8. The molecule has 0 radical (unpaired) electrons. The number of carboxylic acid groups (broad SMARTS) is 1. The molecule has 1 saturated carbocycles. The molecule has 8 heteroatoms. The molecule has 0 unspecified atom stereocenters. The van der Waals surface area contributed by atoms with Crippen molar-refractivity contribution < 1.29 is 19.5 Å². The van der Waals surface area contributed by atoms with Crippen molar-refractivity contribution in [1.82, 2.24) is 10.2 Å². The third kappa shape index (κ3) is 5.64. The maximum Gasteiger partial charge on any atom is 0.303 e. The van der Waals surface area contributed by atoms with E-state index in [2.05, 4.69) is 5.32 Å². The van der Waals surface area contributed by atoms with Gasteiger partial charge in [-0.1, -0.05) is 42.5 Å². The molecule has 0 bridgehead atoms. The van der Waals surface area contributed by atoms with Gasteiger partial charge in [0.05, 0.1) is 0 Å². The van der Waals surface area contributed by atoms with E-state index in [9.17, 15) is 14.4 Å². The van der Waals surface area contributed by atoms with Gasteiger partial charge in [-0.3, -0.25) is 14.4 Å². The topological polar surface area (TPSA) is 86.7 Å². The van der Waals surface area contributed by atoms with Gasteiger partial charge in [0.2, 0.25) is 5.91 Å². The number of likely N-dealkylation sites (tertiary alicyclic amines) is 1. The Labute approximate surface area is 180 Å². The number of rotatable bonds is 6. The summed E-state index contributed by atoms with van der Waals surface area (Å²) in [5.74, 6) is -1.71. The van der Waals surface area contributed by atoms with Gasteiger partial charge in [-0.2, -0.15) is 0 Å². The highest BCUT2D eigenvalue weighted by atomic mass is 35.5. The van der Waals surface area contributed by atoms with E-state index in [1.54, 1.807) is 4.90 Å². The summed E-state index contributed by atoms with van der Waals surface area (Å²) in [5.41, 5.74) is 0.427. The fourth-order valence-electron chi connectivity index (χ4n) is 4.51. The zero-order valence-electron chi connectivity index (χ0n) is 16.3. The van der Waals surface area contributed by atoms with Gasteiger partial charge in [0.25, 0.3) is 5.91 Å². The van der Waals surface area contributed by atoms with E-state index < -0.39 is 17.9 Å². The molecule has 0 aromatic heterocycles. The van der Waals surface area contributed by atoms with Crippen LogP contribution < -0.4 is 5.32 Å². The Morgan fingerprint density at radius 2 is 1.72 bits per heavy atom. The van der Waals surface area contributed by atoms with E-state index in [1.807, 2.05) is 0 Å². The van der Waals surface area contributed by atoms with Gasteiger partial charge >= 0.3 is 5.97 Å². The van der Waals surface area contributed by atoms with Gasteiger partial charge in [-0.25, -0.2) is 0 Å². The lowest BCUT2D eigenvalue weighted by molar-refractivity contribution is -0.137. The maximum absolute atomic E-state index is 13.2. The van der Waals surface area contributed by atoms with E-state index in [4.69, 9.17) is 28.3 Å². The number of carboxylic acids is 1. The van der Waals surface area contributed by atoms with Crippen molar-refractivity contribution in [3.63, 3.8) is 0 Å². The molecule has 158 valence electrons. The quantitative estimate of drug-likeness (QED) is 0.695. The normalized spacial score (nSPS) is 19.2. The molecule has 1 aliphatic carbocycles. The van der Waals surface area contributed by atoms with Crippen molar-refractivity contribution in [3.8, 4) is 0 Å². The van der Waals surface area contributed by atoms with Crippen LogP contribution in [0.2, 0.25) is 10.0 Å². The number of carbonyl (C=O) groups excluding carboxylic acids is 2. The fourth-order valence-corrected chi connectivity index (χ4v) is 5.03. The molecular formula is C21H26Cl2N2O4. The SMILES string of the molecule is O=C(O)CC[C@@H](NC(=O)c1cc(Cl)cc(Cl)c1)C(=O)N1CCC2(CCCCC2)C1. The summed E-state index contributed by atoms with van der Waals surface area (Å²) in [4.78, 5) is 38.7. The Morgan fingerprint density at radius 1 is 1.07 bits per heavy atom. The molecule has 2 fully saturated rings. The third-order valence-electron chi connectivity index (χ3n) is 6.04. The molecule has 1 saturated heterocycles. The number of nitrogens with zero attached hydrogens (tertiary/aromatic N) is 1. The lowest BCUT2D eigenvalue weighted by atomic mass is 9.73. The van der Waals surface area contributed by atoms with Crippen molar-refractivity contribution in [2.75, 3.05) is 13.1 Å². The predicted molar refractivity (Wildman–Crippen MR) is 111 cm³/mol. The van der Waals surface area contributed by atoms with Crippen LogP contribution in [0.15, 0.2) is 18.2 Å². The molecule has 29 heavy (non-hydrogen) atoms. The second-order valence-electron chi connectivity index (χ2n) is 8.19. The van der Waals surface area contributed by atoms with Gasteiger partial charge in [-0.15, -0.1) is 0 Å². The number of carbonyl (C=O) groups is 3. The van der Waals surface area contributed by atoms with Crippen molar-refractivity contribution in [1.29, 1.82) is 0 Å². The zero-order chi connectivity index (χ0) is 21.0. The van der Waals surface area contributed by atoms with Crippen LogP contribution in [-0.4, -0.2) is 46.9 Å². The fraction of sp³-hybridized carbons (Fsp3) is 0.571. The van der Waals surface area contributed by atoms with Gasteiger partial charge < -0.3 is 15.3 Å². The van der Waals surface area contributed by atoms with E-state index in [0.717, 1.165) is 19.3 Å². The minimum absolute atomic E-state index is 0.0394. The predicted octanol–water partition coefficient (Wildman–Crippen LogP) is 4.14. The standard InChI is InChI=1S/C21H26Cl2N2O4/c22-15-10-14(11-16(23)12-15)19(28)24-17(4-5-18(26)27)20(29)25-9-8-21(13-25)6-2-1-3-7-21/h10-12,17H,1-9,13H2,(H,24,28)(H,26,27)/t17-/m1/s1. The van der Waals surface area contributed by atoms with Crippen LogP contribution in [0.4, 0.5) is 0 Å². The summed E-state index contributed by atoms with van der Waals surface area (Å²) in [5, 5.41) is 12.4. The summed E-state index contributed by atoms with van der Waals surface area (Å²) >= 11 is 11.9. The molecule has 2 N–H and O–H groups in total. The highest BCUT2D eigenvalue weighted by Crippen LogP contribution is 2.43. The maximum atomic E-state index is 13.2. The summed E-state index contributed by atoms with van der Waals surface area (Å²) in [7, 11) is 0. The molecule has 1 heterocycles. The smallest absolute Gasteiger partial charge is 0.303 e. The Kier molecular flexibility index (Phi) is 7.06. The molecule has 2 amide bonds. The number of aliphatic carboxylic acids is 1. The van der Waals surface area contributed by atoms with Gasteiger partial charge in [0, 0.05) is 35.1 Å². The Balaban J connectivity index is 1.71. The van der Waals surface area contributed by atoms with E-state index >= 15 is 0 Å². The van der Waals surface area contributed by atoms with Gasteiger partial charge in [-0.05, 0) is 49.3 Å². The Hall–Kier alpha value is -1.79. The number of nitrogens with one attached hydrogen (secondary N) is 1. The van der Waals surface area contributed by atoms with Crippen LogP contribution in [0, 0.1) is 5.41 Å². The van der Waals surface area contributed by atoms with E-state index in [1.165, 1.54) is 37.5 Å². The molecule has 1 aliphatic heterocycles. The first kappa shape index (κ1) is 21.9. The van der Waals surface area contributed by atoms with E-state index in [0.29, 0.717) is 23.1 Å². The van der Waals surface area contributed by atoms with Crippen LogP contribution in [0.5, 0.6) is 0 Å². The summed E-state index contributed by atoms with van der Waals surface area (Å²) in [6, 6.07) is 3.55. The van der Waals surface area contributed by atoms with Crippen molar-refractivity contribution >= 4 is 41.0 Å². The average Bonchev–Trinajstić information content (AvgIpc) is 3.07. The molecule has 2 aliphatic rings. The summed E-state index contributed by atoms with van der Waals surface area (Å²) in [6.07, 6.45) is 6.70. The molecule has 1 aromatic carbocycles. The monoisotopic (exact) mass is 440 g/mol. The van der Waals surface area contributed by atoms with Gasteiger partial charge in [0.15, 0.2) is 0 Å². The number of hydrogen-bond donors (Lipinski definition) is 2. The number of hydrogen-bond acceptors (Lipinski definition) is 3. The zero-order valence-corrected chi connectivity index (χ0v) is 17.8.